The monoisotopic (exact) mass is 414 g/mol. The first kappa shape index (κ1) is 19.8. The number of benzene rings is 1. The van der Waals surface area contributed by atoms with Gasteiger partial charge >= 0.3 is 11.8 Å². The number of amides is 2. The molecule has 28 heavy (non-hydrogen) atoms. The molecule has 2 aromatic heterocycles. The molecule has 2 N–H and O–H groups in total. The van der Waals surface area contributed by atoms with Crippen molar-refractivity contribution in [2.24, 2.45) is 0 Å². The van der Waals surface area contributed by atoms with Gasteiger partial charge in [-0.15, -0.1) is 11.3 Å². The minimum atomic E-state index is -0.728. The van der Waals surface area contributed by atoms with Crippen molar-refractivity contribution in [1.29, 1.82) is 0 Å². The van der Waals surface area contributed by atoms with Crippen molar-refractivity contribution in [2.75, 3.05) is 7.11 Å². The molecule has 0 bridgehead atoms. The number of rotatable bonds is 7. The van der Waals surface area contributed by atoms with E-state index in [-0.39, 0.29) is 18.9 Å². The van der Waals surface area contributed by atoms with Gasteiger partial charge in [0.15, 0.2) is 0 Å². The molecular weight excluding hydrogens is 396 g/mol. The summed E-state index contributed by atoms with van der Waals surface area (Å²) in [5.41, 5.74) is 1.43. The van der Waals surface area contributed by atoms with E-state index >= 15 is 0 Å². The van der Waals surface area contributed by atoms with Gasteiger partial charge in [0.1, 0.15) is 5.75 Å². The van der Waals surface area contributed by atoms with Gasteiger partial charge in [0, 0.05) is 27.9 Å². The van der Waals surface area contributed by atoms with Crippen LogP contribution in [-0.2, 0) is 22.7 Å². The maximum Gasteiger partial charge on any atom is 0.309 e. The van der Waals surface area contributed by atoms with Crippen LogP contribution < -0.4 is 15.4 Å². The van der Waals surface area contributed by atoms with Crippen LogP contribution in [0.3, 0.4) is 0 Å². The molecule has 0 aliphatic carbocycles. The average Bonchev–Trinajstić information content (AvgIpc) is 3.42. The fourth-order valence-electron chi connectivity index (χ4n) is 2.48. The van der Waals surface area contributed by atoms with E-state index in [1.807, 2.05) is 23.6 Å². The highest BCUT2D eigenvalue weighted by molar-refractivity contribution is 7.14. The van der Waals surface area contributed by atoms with Crippen LogP contribution in [0.5, 0.6) is 5.75 Å². The number of carbonyl (C=O) groups excluding carboxylic acids is 3. The molecule has 144 valence electrons. The van der Waals surface area contributed by atoms with Gasteiger partial charge in [0.05, 0.1) is 18.5 Å². The number of ketones is 1. The number of ether oxygens (including phenoxy) is 1. The number of hydrogen-bond acceptors (Lipinski definition) is 6. The summed E-state index contributed by atoms with van der Waals surface area (Å²) in [7, 11) is 1.55. The molecule has 0 atom stereocenters. The lowest BCUT2D eigenvalue weighted by molar-refractivity contribution is -0.139. The van der Waals surface area contributed by atoms with Gasteiger partial charge in [-0.05, 0) is 29.6 Å². The van der Waals surface area contributed by atoms with Crippen LogP contribution in [0, 0.1) is 0 Å². The summed E-state index contributed by atoms with van der Waals surface area (Å²) in [4.78, 5) is 37.7. The molecule has 0 spiro atoms. The topological polar surface area (TPSA) is 84.5 Å². The third kappa shape index (κ3) is 4.85. The Kier molecular flexibility index (Phi) is 6.57. The van der Waals surface area contributed by atoms with Crippen molar-refractivity contribution in [1.82, 2.24) is 10.6 Å². The minimum Gasteiger partial charge on any atom is -0.496 e. The van der Waals surface area contributed by atoms with Crippen LogP contribution in [0.4, 0.5) is 0 Å². The van der Waals surface area contributed by atoms with Crippen molar-refractivity contribution in [3.05, 3.63) is 74.1 Å². The van der Waals surface area contributed by atoms with Gasteiger partial charge in [0.2, 0.25) is 5.78 Å². The summed E-state index contributed by atoms with van der Waals surface area (Å²) in [5, 5.41) is 8.79. The van der Waals surface area contributed by atoms with Crippen LogP contribution in [0.1, 0.15) is 25.7 Å². The molecule has 8 heteroatoms. The maximum atomic E-state index is 12.3. The Morgan fingerprint density at radius 2 is 1.71 bits per heavy atom. The molecule has 1 aromatic carbocycles. The predicted molar refractivity (Wildman–Crippen MR) is 109 cm³/mol. The summed E-state index contributed by atoms with van der Waals surface area (Å²) in [6.45, 7) is 0.372. The first-order chi connectivity index (χ1) is 13.6. The first-order valence-electron chi connectivity index (χ1n) is 8.42. The summed E-state index contributed by atoms with van der Waals surface area (Å²) in [5.74, 6) is -0.853. The molecular formula is C20H18N2O4S2. The predicted octanol–water partition coefficient (Wildman–Crippen LogP) is 2.98. The van der Waals surface area contributed by atoms with E-state index in [2.05, 4.69) is 10.6 Å². The Labute approximate surface area is 170 Å². The molecule has 0 fully saturated rings. The molecule has 0 radical (unpaired) electrons. The molecule has 0 saturated carbocycles. The smallest absolute Gasteiger partial charge is 0.309 e. The lowest BCUT2D eigenvalue weighted by Crippen LogP contribution is -2.39. The fourth-order valence-corrected chi connectivity index (χ4v) is 4.03. The molecule has 2 amide bonds. The van der Waals surface area contributed by atoms with Crippen LogP contribution in [-0.4, -0.2) is 24.7 Å². The van der Waals surface area contributed by atoms with Crippen molar-refractivity contribution >= 4 is 40.3 Å². The molecule has 3 aromatic rings. The minimum absolute atomic E-state index is 0.0432. The Morgan fingerprint density at radius 1 is 0.964 bits per heavy atom. The van der Waals surface area contributed by atoms with E-state index in [1.54, 1.807) is 36.8 Å². The number of carbonyl (C=O) groups is 3. The van der Waals surface area contributed by atoms with Gasteiger partial charge in [-0.2, -0.15) is 11.3 Å². The molecule has 0 saturated heterocycles. The van der Waals surface area contributed by atoms with E-state index in [0.29, 0.717) is 16.2 Å². The second-order valence-electron chi connectivity index (χ2n) is 5.78. The number of thiophene rings is 2. The molecule has 0 unspecified atom stereocenters. The van der Waals surface area contributed by atoms with Crippen LogP contribution in [0.25, 0.3) is 0 Å². The second-order valence-corrected chi connectivity index (χ2v) is 7.73. The van der Waals surface area contributed by atoms with E-state index in [4.69, 9.17) is 4.74 Å². The van der Waals surface area contributed by atoms with Crippen LogP contribution >= 0.6 is 22.7 Å². The highest BCUT2D eigenvalue weighted by atomic mass is 32.1. The zero-order valence-electron chi connectivity index (χ0n) is 15.1. The van der Waals surface area contributed by atoms with Crippen LogP contribution in [0.15, 0.2) is 53.2 Å². The Balaban J connectivity index is 1.50. The average molecular weight is 415 g/mol. The maximum absolute atomic E-state index is 12.3. The Morgan fingerprint density at radius 3 is 2.43 bits per heavy atom. The molecule has 3 rings (SSSR count). The second kappa shape index (κ2) is 9.29. The molecule has 2 heterocycles. The summed E-state index contributed by atoms with van der Waals surface area (Å²) >= 11 is 2.77. The number of para-hydroxylation sites is 1. The highest BCUT2D eigenvalue weighted by Crippen LogP contribution is 2.21. The Bertz CT molecular complexity index is 980. The summed E-state index contributed by atoms with van der Waals surface area (Å²) in [6, 6.07) is 12.5. The third-order valence-corrected chi connectivity index (χ3v) is 5.70. The number of nitrogens with one attached hydrogen (secondary N) is 2. The van der Waals surface area contributed by atoms with Gasteiger partial charge < -0.3 is 15.4 Å². The summed E-state index contributed by atoms with van der Waals surface area (Å²) in [6.07, 6.45) is 0. The van der Waals surface area contributed by atoms with Crippen molar-refractivity contribution < 1.29 is 19.1 Å². The normalized spacial score (nSPS) is 10.3. The van der Waals surface area contributed by atoms with E-state index < -0.39 is 11.8 Å². The zero-order valence-corrected chi connectivity index (χ0v) is 16.7. The Hall–Kier alpha value is -2.97. The van der Waals surface area contributed by atoms with E-state index in [0.717, 1.165) is 10.4 Å². The van der Waals surface area contributed by atoms with Crippen molar-refractivity contribution in [3.63, 3.8) is 0 Å². The lowest BCUT2D eigenvalue weighted by atomic mass is 10.2. The van der Waals surface area contributed by atoms with Crippen molar-refractivity contribution in [3.8, 4) is 5.75 Å². The largest absolute Gasteiger partial charge is 0.496 e. The molecule has 6 nitrogen and oxygen atoms in total. The number of methoxy groups -OCH3 is 1. The van der Waals surface area contributed by atoms with E-state index in [1.165, 1.54) is 22.7 Å². The fraction of sp³-hybridized carbons (Fsp3) is 0.150. The highest BCUT2D eigenvalue weighted by Gasteiger charge is 2.16. The quantitative estimate of drug-likeness (QED) is 0.460. The van der Waals surface area contributed by atoms with E-state index in [9.17, 15) is 14.4 Å². The summed E-state index contributed by atoms with van der Waals surface area (Å²) < 4.78 is 5.21. The van der Waals surface area contributed by atoms with Crippen LogP contribution in [0.2, 0.25) is 0 Å². The van der Waals surface area contributed by atoms with Gasteiger partial charge in [0.25, 0.3) is 0 Å². The third-order valence-electron chi connectivity index (χ3n) is 3.93. The van der Waals surface area contributed by atoms with Gasteiger partial charge in [-0.3, -0.25) is 14.4 Å². The lowest BCUT2D eigenvalue weighted by Gasteiger charge is -2.09. The molecule has 0 aliphatic rings. The van der Waals surface area contributed by atoms with Gasteiger partial charge in [-0.1, -0.05) is 18.2 Å². The molecule has 0 aliphatic heterocycles. The first-order valence-corrected chi connectivity index (χ1v) is 10.2. The SMILES string of the molecule is COc1ccccc1CNC(=O)C(=O)NCc1ccc(C(=O)c2ccsc2)s1. The number of hydrogen-bond donors (Lipinski definition) is 2. The zero-order chi connectivity index (χ0) is 19.9. The van der Waals surface area contributed by atoms with Crippen molar-refractivity contribution in [2.45, 2.75) is 13.1 Å². The van der Waals surface area contributed by atoms with Gasteiger partial charge in [-0.25, -0.2) is 0 Å². The standard InChI is InChI=1S/C20H18N2O4S2/c1-26-16-5-3-2-4-13(16)10-21-19(24)20(25)22-11-15-6-7-17(28-15)18(23)14-8-9-27-12-14/h2-9,12H,10-11H2,1H3,(H,21,24)(H,22,25).